The van der Waals surface area contributed by atoms with E-state index in [1.54, 1.807) is 6.07 Å². The van der Waals surface area contributed by atoms with Gasteiger partial charge in [-0.25, -0.2) is 4.79 Å². The highest BCUT2D eigenvalue weighted by Gasteiger charge is 2.43. The minimum absolute atomic E-state index is 0.290. The van der Waals surface area contributed by atoms with Crippen LogP contribution in [0.15, 0.2) is 17.5 Å². The van der Waals surface area contributed by atoms with Crippen molar-refractivity contribution in [1.82, 2.24) is 5.32 Å². The van der Waals surface area contributed by atoms with E-state index in [0.29, 0.717) is 12.8 Å². The molecule has 1 saturated carbocycles. The number of nitrogens with two attached hydrogens (primary N) is 1. The summed E-state index contributed by atoms with van der Waals surface area (Å²) in [4.78, 5) is 24.6. The van der Waals surface area contributed by atoms with Crippen molar-refractivity contribution in [1.29, 1.82) is 0 Å². The fraction of sp³-hybridized carbons (Fsp3) is 0.571. The topological polar surface area (TPSA) is 92.4 Å². The van der Waals surface area contributed by atoms with Gasteiger partial charge in [-0.3, -0.25) is 4.79 Å². The van der Waals surface area contributed by atoms with E-state index in [0.717, 1.165) is 17.7 Å². The number of amides is 1. The lowest BCUT2D eigenvalue weighted by Crippen LogP contribution is -2.58. The van der Waals surface area contributed by atoms with Crippen LogP contribution in [0.2, 0.25) is 0 Å². The van der Waals surface area contributed by atoms with Gasteiger partial charge in [-0.05, 0) is 30.2 Å². The van der Waals surface area contributed by atoms with E-state index >= 15 is 0 Å². The molecule has 110 valence electrons. The van der Waals surface area contributed by atoms with Gasteiger partial charge in [0.05, 0.1) is 0 Å². The second-order valence-corrected chi connectivity index (χ2v) is 6.55. The summed E-state index contributed by atoms with van der Waals surface area (Å²) in [5, 5.41) is 14.1. The number of aliphatic carboxylic acids is 1. The van der Waals surface area contributed by atoms with E-state index in [2.05, 4.69) is 5.32 Å². The van der Waals surface area contributed by atoms with E-state index in [1.807, 2.05) is 18.4 Å². The Kier molecular flexibility index (Phi) is 4.45. The maximum atomic E-state index is 12.2. The summed E-state index contributed by atoms with van der Waals surface area (Å²) >= 11 is 1.40. The molecule has 0 spiro atoms. The molecule has 0 bridgehead atoms. The fourth-order valence-corrected chi connectivity index (χ4v) is 3.55. The molecule has 20 heavy (non-hydrogen) atoms. The number of hydrogen-bond donors (Lipinski definition) is 3. The third kappa shape index (κ3) is 3.02. The summed E-state index contributed by atoms with van der Waals surface area (Å²) in [5.41, 5.74) is 4.74. The first-order valence-corrected chi connectivity index (χ1v) is 7.67. The van der Waals surface area contributed by atoms with Crippen LogP contribution in [-0.2, 0) is 9.59 Å². The van der Waals surface area contributed by atoms with Crippen molar-refractivity contribution >= 4 is 23.2 Å². The Bertz CT molecular complexity index is 489. The molecule has 4 N–H and O–H groups in total. The van der Waals surface area contributed by atoms with E-state index in [4.69, 9.17) is 5.73 Å². The molecule has 1 heterocycles. The Morgan fingerprint density at radius 1 is 1.60 bits per heavy atom. The van der Waals surface area contributed by atoms with Gasteiger partial charge in [0.1, 0.15) is 11.6 Å². The third-order valence-electron chi connectivity index (χ3n) is 3.90. The van der Waals surface area contributed by atoms with Gasteiger partial charge in [0.15, 0.2) is 0 Å². The minimum atomic E-state index is -1.16. The summed E-state index contributed by atoms with van der Waals surface area (Å²) in [5.74, 6) is -1.09. The molecule has 2 rings (SSSR count). The van der Waals surface area contributed by atoms with Crippen molar-refractivity contribution in [3.63, 3.8) is 0 Å². The quantitative estimate of drug-likeness (QED) is 0.791. The first-order valence-electron chi connectivity index (χ1n) is 6.79. The van der Waals surface area contributed by atoms with Crippen molar-refractivity contribution in [2.75, 3.05) is 0 Å². The monoisotopic (exact) mass is 296 g/mol. The van der Waals surface area contributed by atoms with Crippen LogP contribution < -0.4 is 11.1 Å². The fourth-order valence-electron chi connectivity index (χ4n) is 2.82. The van der Waals surface area contributed by atoms with Crippen molar-refractivity contribution in [3.8, 4) is 0 Å². The van der Waals surface area contributed by atoms with Crippen LogP contribution in [0.1, 0.15) is 43.5 Å². The van der Waals surface area contributed by atoms with Gasteiger partial charge in [0.2, 0.25) is 5.91 Å². The lowest BCUT2D eigenvalue weighted by atomic mass is 9.76. The number of carboxylic acid groups (broad SMARTS) is 1. The Balaban J connectivity index is 2.12. The molecule has 5 nitrogen and oxygen atoms in total. The predicted molar refractivity (Wildman–Crippen MR) is 77.4 cm³/mol. The van der Waals surface area contributed by atoms with Crippen LogP contribution in [0.25, 0.3) is 0 Å². The number of carbonyl (C=O) groups is 2. The molecule has 1 aliphatic rings. The molecule has 0 aromatic carbocycles. The number of hydrogen-bond acceptors (Lipinski definition) is 4. The second-order valence-electron chi connectivity index (χ2n) is 5.57. The largest absolute Gasteiger partial charge is 0.480 e. The van der Waals surface area contributed by atoms with Crippen molar-refractivity contribution < 1.29 is 14.7 Å². The molecule has 0 saturated heterocycles. The number of carboxylic acids is 1. The van der Waals surface area contributed by atoms with Gasteiger partial charge in [-0.2, -0.15) is 0 Å². The molecule has 0 aliphatic heterocycles. The zero-order valence-corrected chi connectivity index (χ0v) is 12.3. The Hall–Kier alpha value is -1.40. The van der Waals surface area contributed by atoms with Gasteiger partial charge in [0, 0.05) is 4.88 Å². The Morgan fingerprint density at radius 2 is 2.35 bits per heavy atom. The van der Waals surface area contributed by atoms with E-state index < -0.39 is 23.5 Å². The molecule has 1 fully saturated rings. The molecular formula is C14H20N2O3S. The lowest BCUT2D eigenvalue weighted by Gasteiger charge is -2.37. The van der Waals surface area contributed by atoms with Crippen molar-refractivity contribution in [2.24, 2.45) is 11.7 Å². The van der Waals surface area contributed by atoms with Crippen molar-refractivity contribution in [2.45, 2.75) is 44.2 Å². The van der Waals surface area contributed by atoms with Gasteiger partial charge < -0.3 is 16.2 Å². The average Bonchev–Trinajstić information content (AvgIpc) is 2.91. The number of rotatable bonds is 4. The molecule has 3 unspecified atom stereocenters. The summed E-state index contributed by atoms with van der Waals surface area (Å²) < 4.78 is 0. The summed E-state index contributed by atoms with van der Waals surface area (Å²) in [6.07, 6.45) is 2.74. The summed E-state index contributed by atoms with van der Waals surface area (Å²) in [6.45, 7) is 2.02. The van der Waals surface area contributed by atoms with Crippen LogP contribution in [-0.4, -0.2) is 22.5 Å². The first-order chi connectivity index (χ1) is 9.44. The van der Waals surface area contributed by atoms with E-state index in [9.17, 15) is 14.7 Å². The highest BCUT2D eigenvalue weighted by atomic mass is 32.1. The Morgan fingerprint density at radius 3 is 2.90 bits per heavy atom. The van der Waals surface area contributed by atoms with Gasteiger partial charge in [-0.15, -0.1) is 11.3 Å². The molecule has 3 atom stereocenters. The van der Waals surface area contributed by atoms with E-state index in [-0.39, 0.29) is 5.92 Å². The zero-order valence-electron chi connectivity index (χ0n) is 11.5. The summed E-state index contributed by atoms with van der Waals surface area (Å²) in [7, 11) is 0. The minimum Gasteiger partial charge on any atom is -0.480 e. The second kappa shape index (κ2) is 5.93. The van der Waals surface area contributed by atoms with Crippen LogP contribution in [0.4, 0.5) is 0 Å². The smallest absolute Gasteiger partial charge is 0.329 e. The molecule has 0 radical (unpaired) electrons. The predicted octanol–water partition coefficient (Wildman–Crippen LogP) is 1.90. The van der Waals surface area contributed by atoms with Crippen molar-refractivity contribution in [3.05, 3.63) is 22.4 Å². The molecular weight excluding hydrogens is 276 g/mol. The molecule has 1 amide bonds. The summed E-state index contributed by atoms with van der Waals surface area (Å²) in [6, 6.07) is 2.80. The van der Waals surface area contributed by atoms with Crippen LogP contribution in [0, 0.1) is 5.92 Å². The van der Waals surface area contributed by atoms with Gasteiger partial charge in [0.25, 0.3) is 0 Å². The highest BCUT2D eigenvalue weighted by molar-refractivity contribution is 7.10. The maximum Gasteiger partial charge on any atom is 0.329 e. The third-order valence-corrected chi connectivity index (χ3v) is 4.86. The molecule has 6 heteroatoms. The Labute approximate surface area is 122 Å². The SMILES string of the molecule is CC1CCCC(NC(=O)C(N)c2cccs2)(C(=O)O)C1. The molecule has 1 aromatic rings. The highest BCUT2D eigenvalue weighted by Crippen LogP contribution is 2.33. The number of carbonyl (C=O) groups excluding carboxylic acids is 1. The number of thiophene rings is 1. The number of nitrogens with one attached hydrogen (secondary N) is 1. The lowest BCUT2D eigenvalue weighted by molar-refractivity contribution is -0.150. The molecule has 1 aromatic heterocycles. The zero-order chi connectivity index (χ0) is 14.8. The van der Waals surface area contributed by atoms with Gasteiger partial charge >= 0.3 is 5.97 Å². The molecule has 1 aliphatic carbocycles. The maximum absolute atomic E-state index is 12.2. The van der Waals surface area contributed by atoms with E-state index in [1.165, 1.54) is 11.3 Å². The van der Waals surface area contributed by atoms with Crippen LogP contribution in [0.5, 0.6) is 0 Å². The standard InChI is InChI=1S/C14H20N2O3S/c1-9-4-2-6-14(8-9,13(18)19)16-12(17)11(15)10-5-3-7-20-10/h3,5,7,9,11H,2,4,6,8,15H2,1H3,(H,16,17)(H,18,19). The van der Waals surface area contributed by atoms with Crippen LogP contribution in [0.3, 0.4) is 0 Å². The normalized spacial score (nSPS) is 27.8. The van der Waals surface area contributed by atoms with Crippen LogP contribution >= 0.6 is 11.3 Å². The average molecular weight is 296 g/mol. The first kappa shape index (κ1) is 15.0. The van der Waals surface area contributed by atoms with Gasteiger partial charge in [-0.1, -0.05) is 25.8 Å².